The van der Waals surface area contributed by atoms with Crippen LogP contribution < -0.4 is 10.1 Å². The summed E-state index contributed by atoms with van der Waals surface area (Å²) in [6.07, 6.45) is 6.68. The second kappa shape index (κ2) is 9.85. The number of unbranched alkanes of at least 4 members (excludes halogenated alkanes) is 4. The molecule has 2 heteroatoms. The summed E-state index contributed by atoms with van der Waals surface area (Å²) < 4.78 is 5.46. The third-order valence-electron chi connectivity index (χ3n) is 3.42. The van der Waals surface area contributed by atoms with Crippen molar-refractivity contribution in [2.75, 3.05) is 13.2 Å². The molecule has 1 atom stereocenters. The molecule has 0 saturated heterocycles. The van der Waals surface area contributed by atoms with Crippen molar-refractivity contribution in [1.82, 2.24) is 5.32 Å². The Morgan fingerprint density at radius 1 is 1.00 bits per heavy atom. The molecule has 0 heterocycles. The molecule has 0 aliphatic carbocycles. The van der Waals surface area contributed by atoms with Gasteiger partial charge in [-0.15, -0.1) is 0 Å². The zero-order chi connectivity index (χ0) is 13.9. The maximum Gasteiger partial charge on any atom is 0.119 e. The van der Waals surface area contributed by atoms with Crippen molar-refractivity contribution in [1.29, 1.82) is 0 Å². The second-order valence-corrected chi connectivity index (χ2v) is 5.09. The van der Waals surface area contributed by atoms with Gasteiger partial charge in [-0.25, -0.2) is 0 Å². The van der Waals surface area contributed by atoms with E-state index in [2.05, 4.69) is 43.4 Å². The van der Waals surface area contributed by atoms with Gasteiger partial charge < -0.3 is 10.1 Å². The van der Waals surface area contributed by atoms with Crippen molar-refractivity contribution in [3.8, 4) is 5.75 Å². The predicted molar refractivity (Wildman–Crippen MR) is 82.8 cm³/mol. The maximum absolute atomic E-state index is 5.46. The summed E-state index contributed by atoms with van der Waals surface area (Å²) in [7, 11) is 0. The van der Waals surface area contributed by atoms with Gasteiger partial charge in [0.1, 0.15) is 5.75 Å². The highest BCUT2D eigenvalue weighted by atomic mass is 16.5. The van der Waals surface area contributed by atoms with Crippen LogP contribution in [0.3, 0.4) is 0 Å². The van der Waals surface area contributed by atoms with Crippen molar-refractivity contribution >= 4 is 0 Å². The normalized spacial score (nSPS) is 12.4. The van der Waals surface area contributed by atoms with E-state index in [0.29, 0.717) is 6.04 Å². The van der Waals surface area contributed by atoms with Gasteiger partial charge in [0.05, 0.1) is 6.61 Å². The Kier molecular flexibility index (Phi) is 8.31. The molecule has 1 aromatic rings. The Morgan fingerprint density at radius 2 is 1.68 bits per heavy atom. The highest BCUT2D eigenvalue weighted by Crippen LogP contribution is 2.17. The highest BCUT2D eigenvalue weighted by molar-refractivity contribution is 5.28. The van der Waals surface area contributed by atoms with Crippen LogP contribution in [0, 0.1) is 0 Å². The molecule has 1 unspecified atom stereocenters. The summed E-state index contributed by atoms with van der Waals surface area (Å²) in [5, 5.41) is 3.59. The van der Waals surface area contributed by atoms with Gasteiger partial charge in [0.2, 0.25) is 0 Å². The molecule has 0 aromatic heterocycles. The van der Waals surface area contributed by atoms with Crippen LogP contribution >= 0.6 is 0 Å². The molecule has 0 amide bonds. The average molecular weight is 263 g/mol. The van der Waals surface area contributed by atoms with Crippen LogP contribution in [0.25, 0.3) is 0 Å². The molecular weight excluding hydrogens is 234 g/mol. The summed E-state index contributed by atoms with van der Waals surface area (Å²) in [4.78, 5) is 0. The largest absolute Gasteiger partial charge is 0.494 e. The minimum Gasteiger partial charge on any atom is -0.494 e. The molecule has 1 aromatic carbocycles. The van der Waals surface area contributed by atoms with Gasteiger partial charge in [-0.1, -0.05) is 44.7 Å². The van der Waals surface area contributed by atoms with Gasteiger partial charge in [-0.3, -0.25) is 0 Å². The Bertz CT molecular complexity index is 321. The molecule has 0 radical (unpaired) electrons. The van der Waals surface area contributed by atoms with Crippen molar-refractivity contribution in [2.45, 2.75) is 58.9 Å². The minimum absolute atomic E-state index is 0.418. The van der Waals surface area contributed by atoms with E-state index in [-0.39, 0.29) is 0 Å². The molecule has 0 spiro atoms. The Hall–Kier alpha value is -1.02. The lowest BCUT2D eigenvalue weighted by atomic mass is 10.1. The molecule has 0 aliphatic rings. The SMILES string of the molecule is CCCCCCCNC(C)c1ccc(OCC)cc1. The van der Waals surface area contributed by atoms with E-state index < -0.39 is 0 Å². The monoisotopic (exact) mass is 263 g/mol. The summed E-state index contributed by atoms with van der Waals surface area (Å²) in [5.41, 5.74) is 1.33. The molecule has 1 N–H and O–H groups in total. The van der Waals surface area contributed by atoms with Gasteiger partial charge in [0.25, 0.3) is 0 Å². The third kappa shape index (κ3) is 6.63. The van der Waals surface area contributed by atoms with Crippen molar-refractivity contribution in [3.63, 3.8) is 0 Å². The topological polar surface area (TPSA) is 21.3 Å². The number of ether oxygens (including phenoxy) is 1. The Balaban J connectivity index is 2.23. The van der Waals surface area contributed by atoms with E-state index in [0.717, 1.165) is 18.9 Å². The molecule has 0 fully saturated rings. The lowest BCUT2D eigenvalue weighted by molar-refractivity contribution is 0.340. The molecule has 0 aliphatic heterocycles. The van der Waals surface area contributed by atoms with E-state index in [1.165, 1.54) is 37.7 Å². The summed E-state index contributed by atoms with van der Waals surface area (Å²) in [6.45, 7) is 8.33. The van der Waals surface area contributed by atoms with Crippen LogP contribution in [0.1, 0.15) is 64.5 Å². The second-order valence-electron chi connectivity index (χ2n) is 5.09. The van der Waals surface area contributed by atoms with Crippen LogP contribution in [0.5, 0.6) is 5.75 Å². The maximum atomic E-state index is 5.46. The average Bonchev–Trinajstić information content (AvgIpc) is 2.43. The van der Waals surface area contributed by atoms with Gasteiger partial charge in [-0.05, 0) is 44.5 Å². The van der Waals surface area contributed by atoms with Gasteiger partial charge in [-0.2, -0.15) is 0 Å². The first-order valence-electron chi connectivity index (χ1n) is 7.74. The number of hydrogen-bond donors (Lipinski definition) is 1. The van der Waals surface area contributed by atoms with E-state index in [9.17, 15) is 0 Å². The molecule has 0 bridgehead atoms. The van der Waals surface area contributed by atoms with Gasteiger partial charge in [0.15, 0.2) is 0 Å². The molecule has 19 heavy (non-hydrogen) atoms. The molecule has 1 rings (SSSR count). The van der Waals surface area contributed by atoms with Gasteiger partial charge in [0, 0.05) is 6.04 Å². The van der Waals surface area contributed by atoms with E-state index in [1.807, 2.05) is 6.92 Å². The fraction of sp³-hybridized carbons (Fsp3) is 0.647. The summed E-state index contributed by atoms with van der Waals surface area (Å²) in [6, 6.07) is 8.83. The number of nitrogens with one attached hydrogen (secondary N) is 1. The van der Waals surface area contributed by atoms with Gasteiger partial charge >= 0.3 is 0 Å². The Morgan fingerprint density at radius 3 is 2.32 bits per heavy atom. The zero-order valence-electron chi connectivity index (χ0n) is 12.7. The van der Waals surface area contributed by atoms with Crippen LogP contribution in [-0.2, 0) is 0 Å². The fourth-order valence-corrected chi connectivity index (χ4v) is 2.18. The van der Waals surface area contributed by atoms with E-state index in [1.54, 1.807) is 0 Å². The smallest absolute Gasteiger partial charge is 0.119 e. The molecule has 2 nitrogen and oxygen atoms in total. The first-order valence-corrected chi connectivity index (χ1v) is 7.74. The fourth-order valence-electron chi connectivity index (χ4n) is 2.18. The predicted octanol–water partition coefficient (Wildman–Crippen LogP) is 4.71. The van der Waals surface area contributed by atoms with Crippen LogP contribution in [0.4, 0.5) is 0 Å². The first-order chi connectivity index (χ1) is 9.27. The quantitative estimate of drug-likeness (QED) is 0.617. The van der Waals surface area contributed by atoms with Crippen molar-refractivity contribution in [2.24, 2.45) is 0 Å². The number of benzene rings is 1. The van der Waals surface area contributed by atoms with Crippen molar-refractivity contribution in [3.05, 3.63) is 29.8 Å². The molecular formula is C17H29NO. The van der Waals surface area contributed by atoms with Crippen LogP contribution in [0.2, 0.25) is 0 Å². The standard InChI is InChI=1S/C17H29NO/c1-4-6-7-8-9-14-18-15(3)16-10-12-17(13-11-16)19-5-2/h10-13,15,18H,4-9,14H2,1-3H3. The van der Waals surface area contributed by atoms with E-state index in [4.69, 9.17) is 4.74 Å². The molecule has 108 valence electrons. The summed E-state index contributed by atoms with van der Waals surface area (Å²) >= 11 is 0. The zero-order valence-corrected chi connectivity index (χ0v) is 12.7. The molecule has 0 saturated carbocycles. The van der Waals surface area contributed by atoms with Crippen molar-refractivity contribution < 1.29 is 4.74 Å². The Labute approximate surface area is 118 Å². The lowest BCUT2D eigenvalue weighted by Crippen LogP contribution is -2.19. The third-order valence-corrected chi connectivity index (χ3v) is 3.42. The number of hydrogen-bond acceptors (Lipinski definition) is 2. The highest BCUT2D eigenvalue weighted by Gasteiger charge is 2.04. The lowest BCUT2D eigenvalue weighted by Gasteiger charge is -2.14. The number of rotatable bonds is 10. The van der Waals surface area contributed by atoms with Crippen LogP contribution in [-0.4, -0.2) is 13.2 Å². The van der Waals surface area contributed by atoms with Crippen LogP contribution in [0.15, 0.2) is 24.3 Å². The minimum atomic E-state index is 0.418. The summed E-state index contributed by atoms with van der Waals surface area (Å²) in [5.74, 6) is 0.956. The van der Waals surface area contributed by atoms with E-state index >= 15 is 0 Å². The first kappa shape index (κ1) is 16.0.